The third-order valence-electron chi connectivity index (χ3n) is 5.20. The lowest BCUT2D eigenvalue weighted by Gasteiger charge is -2.35. The van der Waals surface area contributed by atoms with Crippen LogP contribution in [0.4, 0.5) is 0 Å². The number of hydrogen-bond acceptors (Lipinski definition) is 5. The van der Waals surface area contributed by atoms with Gasteiger partial charge in [0.2, 0.25) is 5.91 Å². The summed E-state index contributed by atoms with van der Waals surface area (Å²) in [6.07, 6.45) is 3.34. The lowest BCUT2D eigenvalue weighted by molar-refractivity contribution is -0.116. The zero-order valence-corrected chi connectivity index (χ0v) is 19.6. The van der Waals surface area contributed by atoms with E-state index >= 15 is 0 Å². The maximum Gasteiger partial charge on any atom is 0.244 e. The molecular weight excluding hydrogens is 428 g/mol. The minimum atomic E-state index is -0.170. The van der Waals surface area contributed by atoms with Crippen LogP contribution in [0, 0.1) is 0 Å². The first-order chi connectivity index (χ1) is 15.5. The molecule has 32 heavy (non-hydrogen) atoms. The summed E-state index contributed by atoms with van der Waals surface area (Å²) in [4.78, 5) is 14.9. The highest BCUT2D eigenvalue weighted by Gasteiger charge is 2.24. The molecule has 0 bridgehead atoms. The first-order valence-corrected chi connectivity index (χ1v) is 11.2. The number of amides is 1. The molecule has 2 aromatic rings. The molecule has 1 amide bonds. The monoisotopic (exact) mass is 458 g/mol. The van der Waals surface area contributed by atoms with Crippen molar-refractivity contribution in [2.75, 3.05) is 40.0 Å². The maximum absolute atomic E-state index is 12.6. The van der Waals surface area contributed by atoms with E-state index < -0.39 is 0 Å². The van der Waals surface area contributed by atoms with Crippen molar-refractivity contribution in [1.29, 1.82) is 0 Å². The van der Waals surface area contributed by atoms with Gasteiger partial charge < -0.3 is 19.5 Å². The number of ether oxygens (including phenoxy) is 3. The summed E-state index contributed by atoms with van der Waals surface area (Å²) < 4.78 is 16.6. The molecule has 1 heterocycles. The molecule has 1 saturated heterocycles. The fourth-order valence-corrected chi connectivity index (χ4v) is 3.90. The molecule has 1 aliphatic heterocycles. The summed E-state index contributed by atoms with van der Waals surface area (Å²) >= 11 is 6.46. The van der Waals surface area contributed by atoms with E-state index in [4.69, 9.17) is 25.8 Å². The van der Waals surface area contributed by atoms with Crippen LogP contribution >= 0.6 is 11.6 Å². The lowest BCUT2D eigenvalue weighted by Crippen LogP contribution is -2.43. The summed E-state index contributed by atoms with van der Waals surface area (Å²) in [6.45, 7) is 7.32. The zero-order chi connectivity index (χ0) is 22.9. The Kier molecular flexibility index (Phi) is 8.97. The second-order valence-corrected chi connectivity index (χ2v) is 8.25. The number of nitrogens with one attached hydrogen (secondary N) is 1. The highest BCUT2D eigenvalue weighted by Crippen LogP contribution is 2.30. The number of benzene rings is 2. The Hall–Kier alpha value is -2.54. The van der Waals surface area contributed by atoms with Gasteiger partial charge in [0.15, 0.2) is 11.5 Å². The Morgan fingerprint density at radius 1 is 1.19 bits per heavy atom. The van der Waals surface area contributed by atoms with E-state index in [1.54, 1.807) is 13.2 Å². The highest BCUT2D eigenvalue weighted by molar-refractivity contribution is 6.31. The predicted molar refractivity (Wildman–Crippen MR) is 127 cm³/mol. The first kappa shape index (κ1) is 24.1. The Labute approximate surface area is 195 Å². The van der Waals surface area contributed by atoms with Crippen molar-refractivity contribution in [2.45, 2.75) is 26.0 Å². The van der Waals surface area contributed by atoms with Gasteiger partial charge in [0, 0.05) is 30.7 Å². The van der Waals surface area contributed by atoms with Gasteiger partial charge in [-0.1, -0.05) is 35.9 Å². The van der Waals surface area contributed by atoms with Crippen molar-refractivity contribution in [2.24, 2.45) is 0 Å². The van der Waals surface area contributed by atoms with Gasteiger partial charge in [-0.25, -0.2) is 0 Å². The molecule has 0 saturated carbocycles. The van der Waals surface area contributed by atoms with Crippen LogP contribution in [-0.2, 0) is 9.53 Å². The fraction of sp³-hybridized carbons (Fsp3) is 0.400. The zero-order valence-electron chi connectivity index (χ0n) is 18.8. The molecule has 2 aromatic carbocycles. The van der Waals surface area contributed by atoms with Crippen molar-refractivity contribution in [1.82, 2.24) is 10.2 Å². The summed E-state index contributed by atoms with van der Waals surface area (Å²) in [5.74, 6) is 1.14. The number of halogens is 1. The normalized spacial score (nSPS) is 15.7. The number of carbonyl (C=O) groups is 1. The molecule has 0 radical (unpaired) electrons. The van der Waals surface area contributed by atoms with Crippen LogP contribution in [0.15, 0.2) is 48.5 Å². The largest absolute Gasteiger partial charge is 0.493 e. The highest BCUT2D eigenvalue weighted by atomic mass is 35.5. The molecule has 6 nitrogen and oxygen atoms in total. The molecule has 7 heteroatoms. The number of carbonyl (C=O) groups excluding carboxylic acids is 1. The van der Waals surface area contributed by atoms with Gasteiger partial charge in [-0.3, -0.25) is 9.69 Å². The molecule has 1 aliphatic rings. The van der Waals surface area contributed by atoms with Crippen molar-refractivity contribution < 1.29 is 19.0 Å². The summed E-state index contributed by atoms with van der Waals surface area (Å²) in [6, 6.07) is 13.3. The van der Waals surface area contributed by atoms with Gasteiger partial charge in [-0.2, -0.15) is 0 Å². The fourth-order valence-electron chi connectivity index (χ4n) is 3.64. The summed E-state index contributed by atoms with van der Waals surface area (Å²) in [7, 11) is 1.60. The van der Waals surface area contributed by atoms with E-state index in [1.807, 2.05) is 56.3 Å². The first-order valence-electron chi connectivity index (χ1n) is 10.8. The predicted octanol–water partition coefficient (Wildman–Crippen LogP) is 4.34. The average molecular weight is 459 g/mol. The van der Waals surface area contributed by atoms with E-state index in [-0.39, 0.29) is 18.1 Å². The van der Waals surface area contributed by atoms with E-state index in [2.05, 4.69) is 10.2 Å². The molecular formula is C25H31ClN2O4. The van der Waals surface area contributed by atoms with E-state index in [0.29, 0.717) is 36.3 Å². The van der Waals surface area contributed by atoms with Crippen LogP contribution in [0.1, 0.15) is 31.0 Å². The Morgan fingerprint density at radius 2 is 1.94 bits per heavy atom. The summed E-state index contributed by atoms with van der Waals surface area (Å²) in [5, 5.41) is 3.72. The molecule has 1 N–H and O–H groups in total. The lowest BCUT2D eigenvalue weighted by atomic mass is 10.0. The Bertz CT molecular complexity index is 926. The molecule has 3 rings (SSSR count). The quantitative estimate of drug-likeness (QED) is 0.566. The minimum Gasteiger partial charge on any atom is -0.493 e. The second kappa shape index (κ2) is 11.9. The minimum absolute atomic E-state index is 0.0162. The molecule has 1 atom stereocenters. The van der Waals surface area contributed by atoms with E-state index in [1.165, 1.54) is 6.08 Å². The van der Waals surface area contributed by atoms with Crippen LogP contribution in [0.2, 0.25) is 5.02 Å². The van der Waals surface area contributed by atoms with Crippen molar-refractivity contribution in [3.8, 4) is 11.5 Å². The SMILES string of the molecule is COc1cc(/C=C/C(=O)NCC(c2ccccc2Cl)N2CCOCC2)ccc1OC(C)C. The number of nitrogens with zero attached hydrogens (tertiary/aromatic N) is 1. The topological polar surface area (TPSA) is 60.0 Å². The van der Waals surface area contributed by atoms with Crippen LogP contribution in [0.5, 0.6) is 11.5 Å². The molecule has 1 unspecified atom stereocenters. The molecule has 172 valence electrons. The van der Waals surface area contributed by atoms with Crippen LogP contribution < -0.4 is 14.8 Å². The standard InChI is InChI=1S/C25H31ClN2O4/c1-18(2)32-23-10-8-19(16-24(23)30-3)9-11-25(29)27-17-22(28-12-14-31-15-13-28)20-6-4-5-7-21(20)26/h4-11,16,18,22H,12-15,17H2,1-3H3,(H,27,29)/b11-9+. The smallest absolute Gasteiger partial charge is 0.244 e. The molecule has 1 fully saturated rings. The number of rotatable bonds is 9. The van der Waals surface area contributed by atoms with Gasteiger partial charge in [-0.15, -0.1) is 0 Å². The Balaban J connectivity index is 1.66. The van der Waals surface area contributed by atoms with Crippen LogP contribution in [0.25, 0.3) is 6.08 Å². The van der Waals surface area contributed by atoms with Crippen molar-refractivity contribution in [3.63, 3.8) is 0 Å². The third kappa shape index (κ3) is 6.73. The average Bonchev–Trinajstić information content (AvgIpc) is 2.80. The maximum atomic E-state index is 12.6. The van der Waals surface area contributed by atoms with E-state index in [0.717, 1.165) is 24.2 Å². The van der Waals surface area contributed by atoms with Crippen molar-refractivity contribution >= 4 is 23.6 Å². The van der Waals surface area contributed by atoms with Gasteiger partial charge in [0.25, 0.3) is 0 Å². The van der Waals surface area contributed by atoms with Gasteiger partial charge in [0.05, 0.1) is 32.5 Å². The number of hydrogen-bond donors (Lipinski definition) is 1. The summed E-state index contributed by atoms with van der Waals surface area (Å²) in [5.41, 5.74) is 1.86. The third-order valence-corrected chi connectivity index (χ3v) is 5.54. The van der Waals surface area contributed by atoms with Gasteiger partial charge in [0.1, 0.15) is 0 Å². The van der Waals surface area contributed by atoms with Crippen LogP contribution in [-0.4, -0.2) is 56.9 Å². The number of methoxy groups -OCH3 is 1. The second-order valence-electron chi connectivity index (χ2n) is 7.84. The molecule has 0 aromatic heterocycles. The van der Waals surface area contributed by atoms with Gasteiger partial charge in [-0.05, 0) is 49.2 Å². The van der Waals surface area contributed by atoms with Gasteiger partial charge >= 0.3 is 0 Å². The molecule has 0 aliphatic carbocycles. The molecule has 0 spiro atoms. The Morgan fingerprint density at radius 3 is 2.62 bits per heavy atom. The van der Waals surface area contributed by atoms with Crippen LogP contribution in [0.3, 0.4) is 0 Å². The van der Waals surface area contributed by atoms with E-state index in [9.17, 15) is 4.79 Å². The number of morpholine rings is 1. The van der Waals surface area contributed by atoms with Crippen molar-refractivity contribution in [3.05, 3.63) is 64.7 Å².